The molecule has 0 aliphatic rings. The topological polar surface area (TPSA) is 89.3 Å². The molecule has 6 heteroatoms. The Morgan fingerprint density at radius 2 is 1.88 bits per heavy atom. The summed E-state index contributed by atoms with van der Waals surface area (Å²) in [6.45, 7) is 4.30. The summed E-state index contributed by atoms with van der Waals surface area (Å²) in [5, 5.41) is 8.58. The highest BCUT2D eigenvalue weighted by Crippen LogP contribution is 2.24. The van der Waals surface area contributed by atoms with E-state index in [2.05, 4.69) is 13.8 Å². The van der Waals surface area contributed by atoms with Gasteiger partial charge in [0.2, 0.25) is 0 Å². The van der Waals surface area contributed by atoms with Gasteiger partial charge >= 0.3 is 5.97 Å². The van der Waals surface area contributed by atoms with Gasteiger partial charge < -0.3 is 16.6 Å². The van der Waals surface area contributed by atoms with Crippen molar-refractivity contribution in [1.29, 1.82) is 0 Å². The lowest BCUT2D eigenvalue weighted by atomic mass is 9.99. The molecule has 96 valence electrons. The molecule has 0 aromatic heterocycles. The number of carboxylic acid groups (broad SMARTS) is 1. The molecule has 0 fully saturated rings. The Balaban J connectivity index is 3.54. The summed E-state index contributed by atoms with van der Waals surface area (Å²) < 4.78 is 0. The number of nitrogens with two attached hydrogens (primary N) is 2. The molecule has 0 aromatic rings. The molecule has 0 bridgehead atoms. The number of aliphatic carboxylic acids is 1. The van der Waals surface area contributed by atoms with Crippen LogP contribution in [0.3, 0.4) is 0 Å². The highest BCUT2D eigenvalue weighted by atomic mass is 33.1. The lowest BCUT2D eigenvalue weighted by molar-refractivity contribution is -0.137. The third-order valence-electron chi connectivity index (χ3n) is 2.38. The van der Waals surface area contributed by atoms with Gasteiger partial charge in [-0.25, -0.2) is 0 Å². The molecular weight excluding hydrogens is 244 g/mol. The first-order valence-electron chi connectivity index (χ1n) is 5.47. The maximum absolute atomic E-state index is 10.4. The Morgan fingerprint density at radius 3 is 2.38 bits per heavy atom. The van der Waals surface area contributed by atoms with Gasteiger partial charge in [-0.3, -0.25) is 4.79 Å². The first-order chi connectivity index (χ1) is 7.49. The van der Waals surface area contributed by atoms with Crippen LogP contribution in [-0.4, -0.2) is 34.7 Å². The van der Waals surface area contributed by atoms with Crippen LogP contribution in [0, 0.1) is 5.92 Å². The van der Waals surface area contributed by atoms with Gasteiger partial charge in [0.1, 0.15) is 6.04 Å². The summed E-state index contributed by atoms with van der Waals surface area (Å²) in [6.07, 6.45) is 2.29. The van der Waals surface area contributed by atoms with E-state index in [9.17, 15) is 4.79 Å². The second-order valence-electron chi connectivity index (χ2n) is 3.94. The standard InChI is InChI=1S/C10H22N2O2S2/c1-3-4-7(2)8(11)5-15-16-6-9(12)10(13)14/h7-9H,3-6,11-12H2,1-2H3,(H,13,14). The molecule has 0 aromatic carbocycles. The van der Waals surface area contributed by atoms with E-state index in [4.69, 9.17) is 16.6 Å². The van der Waals surface area contributed by atoms with Crippen LogP contribution >= 0.6 is 21.6 Å². The minimum absolute atomic E-state index is 0.179. The van der Waals surface area contributed by atoms with Crippen LogP contribution < -0.4 is 11.5 Å². The molecule has 3 unspecified atom stereocenters. The second-order valence-corrected chi connectivity index (χ2v) is 6.50. The zero-order valence-electron chi connectivity index (χ0n) is 9.89. The monoisotopic (exact) mass is 266 g/mol. The SMILES string of the molecule is CCCC(C)C(N)CSSCC(N)C(=O)O. The minimum atomic E-state index is -0.947. The summed E-state index contributed by atoms with van der Waals surface area (Å²) in [7, 11) is 3.09. The zero-order chi connectivity index (χ0) is 12.6. The molecule has 0 aliphatic heterocycles. The Morgan fingerprint density at radius 1 is 1.31 bits per heavy atom. The molecule has 0 amide bonds. The summed E-state index contributed by atoms with van der Waals surface area (Å²) >= 11 is 0. The Labute approximate surface area is 105 Å². The van der Waals surface area contributed by atoms with E-state index in [1.165, 1.54) is 10.8 Å². The van der Waals surface area contributed by atoms with Gasteiger partial charge in [0.15, 0.2) is 0 Å². The minimum Gasteiger partial charge on any atom is -0.480 e. The lowest BCUT2D eigenvalue weighted by Crippen LogP contribution is -2.32. The van der Waals surface area contributed by atoms with Crippen LogP contribution in [0.5, 0.6) is 0 Å². The van der Waals surface area contributed by atoms with Gasteiger partial charge in [0, 0.05) is 17.5 Å². The summed E-state index contributed by atoms with van der Waals surface area (Å²) in [5.74, 6) is 0.843. The quantitative estimate of drug-likeness (QED) is 0.433. The van der Waals surface area contributed by atoms with Crippen molar-refractivity contribution in [2.75, 3.05) is 11.5 Å². The molecule has 0 radical (unpaired) electrons. The van der Waals surface area contributed by atoms with E-state index in [1.54, 1.807) is 10.8 Å². The largest absolute Gasteiger partial charge is 0.480 e. The van der Waals surface area contributed by atoms with Crippen molar-refractivity contribution >= 4 is 27.6 Å². The number of rotatable bonds is 9. The van der Waals surface area contributed by atoms with Crippen molar-refractivity contribution in [3.8, 4) is 0 Å². The van der Waals surface area contributed by atoms with Crippen molar-refractivity contribution < 1.29 is 9.90 Å². The average Bonchev–Trinajstić information content (AvgIpc) is 2.23. The van der Waals surface area contributed by atoms with E-state index in [0.29, 0.717) is 11.7 Å². The number of carbonyl (C=O) groups is 1. The van der Waals surface area contributed by atoms with Crippen LogP contribution in [0.25, 0.3) is 0 Å². The summed E-state index contributed by atoms with van der Waals surface area (Å²) in [4.78, 5) is 10.4. The molecule has 0 saturated carbocycles. The smallest absolute Gasteiger partial charge is 0.321 e. The maximum Gasteiger partial charge on any atom is 0.321 e. The Kier molecular flexibility index (Phi) is 9.21. The summed E-state index contributed by atoms with van der Waals surface area (Å²) in [6, 6.07) is -0.597. The fourth-order valence-corrected chi connectivity index (χ4v) is 3.61. The van der Waals surface area contributed by atoms with E-state index in [1.807, 2.05) is 0 Å². The van der Waals surface area contributed by atoms with Crippen molar-refractivity contribution in [3.63, 3.8) is 0 Å². The van der Waals surface area contributed by atoms with Gasteiger partial charge in [-0.05, 0) is 12.3 Å². The average molecular weight is 266 g/mol. The van der Waals surface area contributed by atoms with Crippen LogP contribution in [-0.2, 0) is 4.79 Å². The second kappa shape index (κ2) is 9.15. The van der Waals surface area contributed by atoms with Gasteiger partial charge in [-0.15, -0.1) is 0 Å². The fourth-order valence-electron chi connectivity index (χ4n) is 1.15. The van der Waals surface area contributed by atoms with Crippen molar-refractivity contribution in [2.24, 2.45) is 17.4 Å². The molecular formula is C10H22N2O2S2. The van der Waals surface area contributed by atoms with E-state index in [0.717, 1.165) is 18.6 Å². The normalized spacial score (nSPS) is 16.8. The Hall–Kier alpha value is 0.0900. The van der Waals surface area contributed by atoms with Crippen LogP contribution in [0.2, 0.25) is 0 Å². The lowest BCUT2D eigenvalue weighted by Gasteiger charge is -2.18. The predicted octanol–water partition coefficient (Wildman–Crippen LogP) is 1.54. The molecule has 0 saturated heterocycles. The van der Waals surface area contributed by atoms with Crippen molar-refractivity contribution in [2.45, 2.75) is 38.8 Å². The highest BCUT2D eigenvalue weighted by Gasteiger charge is 2.14. The third-order valence-corrected chi connectivity index (χ3v) is 4.88. The van der Waals surface area contributed by atoms with E-state index >= 15 is 0 Å². The van der Waals surface area contributed by atoms with Crippen LogP contribution in [0.15, 0.2) is 0 Å². The van der Waals surface area contributed by atoms with Crippen molar-refractivity contribution in [3.05, 3.63) is 0 Å². The number of hydrogen-bond donors (Lipinski definition) is 3. The molecule has 0 heterocycles. The first-order valence-corrected chi connectivity index (χ1v) is 7.96. The predicted molar refractivity (Wildman–Crippen MR) is 72.6 cm³/mol. The third kappa shape index (κ3) is 7.38. The molecule has 0 spiro atoms. The van der Waals surface area contributed by atoms with Crippen LogP contribution in [0.1, 0.15) is 26.7 Å². The molecule has 5 N–H and O–H groups in total. The zero-order valence-corrected chi connectivity index (χ0v) is 11.5. The number of carboxylic acids is 1. The highest BCUT2D eigenvalue weighted by molar-refractivity contribution is 8.76. The number of hydrogen-bond acceptors (Lipinski definition) is 5. The van der Waals surface area contributed by atoms with Gasteiger partial charge in [-0.2, -0.15) is 0 Å². The molecule has 0 rings (SSSR count). The molecule has 0 aliphatic carbocycles. The van der Waals surface area contributed by atoms with Crippen molar-refractivity contribution in [1.82, 2.24) is 0 Å². The molecule has 4 nitrogen and oxygen atoms in total. The summed E-state index contributed by atoms with van der Waals surface area (Å²) in [5.41, 5.74) is 11.4. The van der Waals surface area contributed by atoms with E-state index < -0.39 is 12.0 Å². The molecule has 16 heavy (non-hydrogen) atoms. The Bertz CT molecular complexity index is 205. The van der Waals surface area contributed by atoms with Gasteiger partial charge in [-0.1, -0.05) is 41.9 Å². The van der Waals surface area contributed by atoms with Gasteiger partial charge in [0.25, 0.3) is 0 Å². The first kappa shape index (κ1) is 16.1. The maximum atomic E-state index is 10.4. The van der Waals surface area contributed by atoms with Crippen LogP contribution in [0.4, 0.5) is 0 Å². The van der Waals surface area contributed by atoms with Gasteiger partial charge in [0.05, 0.1) is 0 Å². The fraction of sp³-hybridized carbons (Fsp3) is 0.900. The molecule has 3 atom stereocenters. The van der Waals surface area contributed by atoms with E-state index in [-0.39, 0.29) is 6.04 Å².